The number of hydrogen-bond donors (Lipinski definition) is 3. The van der Waals surface area contributed by atoms with E-state index in [1.165, 1.54) is 18.3 Å². The van der Waals surface area contributed by atoms with Gasteiger partial charge in [-0.2, -0.15) is 5.10 Å². The van der Waals surface area contributed by atoms with Crippen molar-refractivity contribution in [2.45, 2.75) is 26.3 Å². The summed E-state index contributed by atoms with van der Waals surface area (Å²) in [6.07, 6.45) is 1.50. The van der Waals surface area contributed by atoms with Crippen LogP contribution in [-0.4, -0.2) is 26.4 Å². The number of aromatic hydroxyl groups is 2. The Morgan fingerprint density at radius 3 is 2.57 bits per heavy atom. The fourth-order valence-corrected chi connectivity index (χ4v) is 2.11. The van der Waals surface area contributed by atoms with Gasteiger partial charge in [-0.15, -0.1) is 0 Å². The summed E-state index contributed by atoms with van der Waals surface area (Å²) in [5.41, 5.74) is 3.20. The molecule has 0 spiro atoms. The lowest BCUT2D eigenvalue weighted by atomic mass is 10.0. The Labute approximate surface area is 142 Å². The van der Waals surface area contributed by atoms with Crippen molar-refractivity contribution in [3.05, 3.63) is 52.0 Å². The summed E-state index contributed by atoms with van der Waals surface area (Å²) in [6, 6.07) is 5.41. The van der Waals surface area contributed by atoms with Crippen molar-refractivity contribution in [2.75, 3.05) is 0 Å². The summed E-state index contributed by atoms with van der Waals surface area (Å²) < 4.78 is 13.7. The van der Waals surface area contributed by atoms with Crippen molar-refractivity contribution in [1.29, 1.82) is 0 Å². The van der Waals surface area contributed by atoms with Crippen molar-refractivity contribution in [1.82, 2.24) is 10.4 Å². The topological polar surface area (TPSA) is 77.7 Å². The molecule has 0 aliphatic heterocycles. The zero-order valence-corrected chi connectivity index (χ0v) is 14.5. The average Bonchev–Trinajstić information content (AvgIpc) is 2.45. The Hall–Kier alpha value is -2.15. The molecule has 0 unspecified atom stereocenters. The summed E-state index contributed by atoms with van der Waals surface area (Å²) in [4.78, 5) is 4.11. The molecule has 3 N–H and O–H groups in total. The largest absolute Gasteiger partial charge is 0.507 e. The average molecular weight is 382 g/mol. The minimum absolute atomic E-state index is 0.0955. The minimum Gasteiger partial charge on any atom is -0.507 e. The Kier molecular flexibility index (Phi) is 4.89. The molecule has 2 rings (SSSR count). The van der Waals surface area contributed by atoms with Crippen molar-refractivity contribution in [3.63, 3.8) is 0 Å². The molecule has 0 fully saturated rings. The molecule has 23 heavy (non-hydrogen) atoms. The van der Waals surface area contributed by atoms with E-state index in [1.807, 2.05) is 20.8 Å². The molecule has 0 saturated carbocycles. The molecule has 0 aliphatic carbocycles. The quantitative estimate of drug-likeness (QED) is 0.561. The van der Waals surface area contributed by atoms with Crippen LogP contribution < -0.4 is 5.43 Å². The predicted molar refractivity (Wildman–Crippen MR) is 90.2 cm³/mol. The van der Waals surface area contributed by atoms with Gasteiger partial charge in [0.1, 0.15) is 28.7 Å². The van der Waals surface area contributed by atoms with E-state index in [-0.39, 0.29) is 38.5 Å². The van der Waals surface area contributed by atoms with E-state index in [9.17, 15) is 14.6 Å². The van der Waals surface area contributed by atoms with Gasteiger partial charge in [-0.3, -0.25) is 4.98 Å². The summed E-state index contributed by atoms with van der Waals surface area (Å²) in [7, 11) is 0. The molecule has 1 heterocycles. The molecule has 0 saturated heterocycles. The van der Waals surface area contributed by atoms with Gasteiger partial charge in [-0.05, 0) is 54.9 Å². The highest BCUT2D eigenvalue weighted by atomic mass is 79.9. The normalized spacial score (nSPS) is 12.3. The highest BCUT2D eigenvalue weighted by molar-refractivity contribution is 9.10. The second-order valence-corrected chi connectivity index (χ2v) is 6.83. The molecule has 1 aromatic carbocycles. The standard InChI is InChI=1S/C16H17BrFN3O2/c1-16(2,3)21-20-14(15-12(22)5-4-6-19-15)9-7-10(17)11(18)8-13(9)23/h4-8,21-23H,1-3H3/b20-14-. The Balaban J connectivity index is 2.64. The molecular weight excluding hydrogens is 365 g/mol. The molecule has 1 aromatic heterocycles. The fourth-order valence-electron chi connectivity index (χ4n) is 1.77. The van der Waals surface area contributed by atoms with Crippen molar-refractivity contribution >= 4 is 21.6 Å². The highest BCUT2D eigenvalue weighted by Crippen LogP contribution is 2.29. The molecule has 0 amide bonds. The van der Waals surface area contributed by atoms with E-state index in [0.29, 0.717) is 0 Å². The SMILES string of the molecule is CC(C)(C)N/N=C(/c1cc(Br)c(F)cc1O)c1ncccc1O. The number of phenolic OH excluding ortho intramolecular Hbond substituents is 1. The van der Waals surface area contributed by atoms with Gasteiger partial charge in [-0.25, -0.2) is 4.39 Å². The van der Waals surface area contributed by atoms with Crippen LogP contribution >= 0.6 is 15.9 Å². The van der Waals surface area contributed by atoms with Crippen LogP contribution in [0.2, 0.25) is 0 Å². The van der Waals surface area contributed by atoms with Crippen LogP contribution in [0.5, 0.6) is 11.5 Å². The summed E-state index contributed by atoms with van der Waals surface area (Å²) >= 11 is 3.09. The lowest BCUT2D eigenvalue weighted by Crippen LogP contribution is -2.32. The van der Waals surface area contributed by atoms with Gasteiger partial charge in [0.15, 0.2) is 0 Å². The third kappa shape index (κ3) is 4.19. The van der Waals surface area contributed by atoms with Gasteiger partial charge in [0.05, 0.1) is 4.47 Å². The van der Waals surface area contributed by atoms with Crippen molar-refractivity contribution < 1.29 is 14.6 Å². The zero-order valence-electron chi connectivity index (χ0n) is 12.9. The predicted octanol–water partition coefficient (Wildman–Crippen LogP) is 3.53. The van der Waals surface area contributed by atoms with E-state index in [0.717, 1.165) is 6.07 Å². The summed E-state index contributed by atoms with van der Waals surface area (Å²) in [5, 5.41) is 24.4. The third-order valence-electron chi connectivity index (χ3n) is 2.81. The number of benzene rings is 1. The smallest absolute Gasteiger partial charge is 0.143 e. The fraction of sp³-hybridized carbons (Fsp3) is 0.250. The molecule has 0 bridgehead atoms. The maximum absolute atomic E-state index is 13.6. The number of aromatic nitrogens is 1. The molecule has 122 valence electrons. The van der Waals surface area contributed by atoms with Crippen LogP contribution in [0.4, 0.5) is 4.39 Å². The van der Waals surface area contributed by atoms with E-state index < -0.39 is 5.82 Å². The molecule has 7 heteroatoms. The van der Waals surface area contributed by atoms with Crippen LogP contribution in [0.15, 0.2) is 40.0 Å². The number of nitrogens with one attached hydrogen (secondary N) is 1. The van der Waals surface area contributed by atoms with E-state index in [1.54, 1.807) is 6.07 Å². The van der Waals surface area contributed by atoms with Crippen LogP contribution in [-0.2, 0) is 0 Å². The number of phenols is 1. The molecular formula is C16H17BrFN3O2. The maximum atomic E-state index is 13.6. The maximum Gasteiger partial charge on any atom is 0.143 e. The van der Waals surface area contributed by atoms with Crippen LogP contribution in [0, 0.1) is 5.82 Å². The summed E-state index contributed by atoms with van der Waals surface area (Å²) in [5.74, 6) is -0.994. The number of nitrogens with zero attached hydrogens (tertiary/aromatic N) is 2. The molecule has 0 aliphatic rings. The van der Waals surface area contributed by atoms with Gasteiger partial charge in [-0.1, -0.05) is 0 Å². The van der Waals surface area contributed by atoms with Gasteiger partial charge < -0.3 is 15.6 Å². The van der Waals surface area contributed by atoms with Crippen molar-refractivity contribution in [2.24, 2.45) is 5.10 Å². The van der Waals surface area contributed by atoms with E-state index >= 15 is 0 Å². The molecule has 0 atom stereocenters. The second-order valence-electron chi connectivity index (χ2n) is 5.98. The van der Waals surface area contributed by atoms with Crippen LogP contribution in [0.3, 0.4) is 0 Å². The molecule has 2 aromatic rings. The van der Waals surface area contributed by atoms with Crippen LogP contribution in [0.25, 0.3) is 0 Å². The minimum atomic E-state index is -0.598. The Bertz CT molecular complexity index is 757. The molecule has 5 nitrogen and oxygen atoms in total. The monoisotopic (exact) mass is 381 g/mol. The van der Waals surface area contributed by atoms with Gasteiger partial charge in [0.25, 0.3) is 0 Å². The summed E-state index contributed by atoms with van der Waals surface area (Å²) in [6.45, 7) is 5.73. The first-order valence-corrected chi connectivity index (χ1v) is 7.66. The number of rotatable bonds is 3. The lowest BCUT2D eigenvalue weighted by molar-refractivity contribution is 0.439. The lowest BCUT2D eigenvalue weighted by Gasteiger charge is -2.19. The third-order valence-corrected chi connectivity index (χ3v) is 3.42. The number of hydrazone groups is 1. The Morgan fingerprint density at radius 1 is 1.26 bits per heavy atom. The van der Waals surface area contributed by atoms with Crippen molar-refractivity contribution in [3.8, 4) is 11.5 Å². The first kappa shape index (κ1) is 17.2. The van der Waals surface area contributed by atoms with E-state index in [2.05, 4.69) is 31.4 Å². The zero-order chi connectivity index (χ0) is 17.2. The van der Waals surface area contributed by atoms with Gasteiger partial charge >= 0.3 is 0 Å². The highest BCUT2D eigenvalue weighted by Gasteiger charge is 2.20. The Morgan fingerprint density at radius 2 is 1.96 bits per heavy atom. The second kappa shape index (κ2) is 6.54. The van der Waals surface area contributed by atoms with Gasteiger partial charge in [0, 0.05) is 23.4 Å². The van der Waals surface area contributed by atoms with Gasteiger partial charge in [0.2, 0.25) is 0 Å². The number of halogens is 2. The molecule has 0 radical (unpaired) electrons. The van der Waals surface area contributed by atoms with Crippen LogP contribution in [0.1, 0.15) is 32.0 Å². The first-order valence-electron chi connectivity index (χ1n) is 6.86. The number of hydrogen-bond acceptors (Lipinski definition) is 5. The first-order chi connectivity index (χ1) is 10.7. The van der Waals surface area contributed by atoms with E-state index in [4.69, 9.17) is 0 Å². The number of pyridine rings is 1.